The summed E-state index contributed by atoms with van der Waals surface area (Å²) in [7, 11) is 2.91. The van der Waals surface area contributed by atoms with Gasteiger partial charge in [0.25, 0.3) is 0 Å². The van der Waals surface area contributed by atoms with Crippen LogP contribution in [0.3, 0.4) is 0 Å². The molecule has 0 bridgehead atoms. The smallest absolute Gasteiger partial charge is 0.340 e. The predicted octanol–water partition coefficient (Wildman–Crippen LogP) is 5.38. The number of ether oxygens (including phenoxy) is 2. The van der Waals surface area contributed by atoms with Crippen molar-refractivity contribution in [2.24, 2.45) is 11.8 Å². The molecule has 7 nitrogen and oxygen atoms in total. The minimum absolute atomic E-state index is 0.0117. The zero-order chi connectivity index (χ0) is 24.4. The van der Waals surface area contributed by atoms with E-state index in [0.29, 0.717) is 34.9 Å². The first kappa shape index (κ1) is 24.0. The Kier molecular flexibility index (Phi) is 7.03. The molecule has 1 saturated carbocycles. The molecule has 0 radical (unpaired) electrons. The van der Waals surface area contributed by atoms with Crippen LogP contribution in [0.25, 0.3) is 21.9 Å². The molecule has 0 unspecified atom stereocenters. The van der Waals surface area contributed by atoms with Crippen molar-refractivity contribution < 1.29 is 28.3 Å². The third kappa shape index (κ3) is 4.44. The van der Waals surface area contributed by atoms with Crippen LogP contribution in [0.15, 0.2) is 34.7 Å². The zero-order valence-corrected chi connectivity index (χ0v) is 20.1. The summed E-state index contributed by atoms with van der Waals surface area (Å²) < 4.78 is 16.4. The number of amides is 1. The number of hydrogen-bond acceptors (Lipinski definition) is 6. The van der Waals surface area contributed by atoms with Gasteiger partial charge in [-0.15, -0.1) is 0 Å². The van der Waals surface area contributed by atoms with Gasteiger partial charge < -0.3 is 18.8 Å². The molecule has 1 atom stereocenters. The third-order valence-corrected chi connectivity index (χ3v) is 6.86. The quantitative estimate of drug-likeness (QED) is 0.344. The molecule has 0 saturated heterocycles. The molecule has 0 N–H and O–H groups in total. The molecule has 7 heteroatoms. The van der Waals surface area contributed by atoms with Gasteiger partial charge in [-0.1, -0.05) is 6.92 Å². The maximum Gasteiger partial charge on any atom is 0.340 e. The van der Waals surface area contributed by atoms with E-state index >= 15 is 0 Å². The Morgan fingerprint density at radius 1 is 1.09 bits per heavy atom. The molecular formula is C27H31NO6. The van der Waals surface area contributed by atoms with Gasteiger partial charge in [0, 0.05) is 29.4 Å². The van der Waals surface area contributed by atoms with Gasteiger partial charge in [-0.2, -0.15) is 0 Å². The summed E-state index contributed by atoms with van der Waals surface area (Å²) in [5, 5.41) is 1.47. The summed E-state index contributed by atoms with van der Waals surface area (Å²) in [6, 6.07) is 8.29. The van der Waals surface area contributed by atoms with Crippen LogP contribution in [0.5, 0.6) is 0 Å². The first-order valence-corrected chi connectivity index (χ1v) is 11.7. The number of hydrogen-bond donors (Lipinski definition) is 0. The summed E-state index contributed by atoms with van der Waals surface area (Å²) in [4.78, 5) is 39.8. The van der Waals surface area contributed by atoms with Crippen molar-refractivity contribution in [1.29, 1.82) is 0 Å². The normalized spacial score (nSPS) is 19.2. The molecule has 3 aromatic rings. The van der Waals surface area contributed by atoms with Gasteiger partial charge in [0.2, 0.25) is 5.91 Å². The van der Waals surface area contributed by atoms with Crippen molar-refractivity contribution in [3.05, 3.63) is 41.5 Å². The average Bonchev–Trinajstić information content (AvgIpc) is 3.20. The molecule has 1 fully saturated rings. The molecule has 180 valence electrons. The molecule has 1 aromatic heterocycles. The second-order valence-corrected chi connectivity index (χ2v) is 9.30. The minimum Gasteiger partial charge on any atom is -0.465 e. The molecule has 1 heterocycles. The Balaban J connectivity index is 1.91. The summed E-state index contributed by atoms with van der Waals surface area (Å²) in [6.07, 6.45) is 4.44. The van der Waals surface area contributed by atoms with E-state index in [1.165, 1.54) is 7.11 Å². The lowest BCUT2D eigenvalue weighted by Crippen LogP contribution is -2.46. The van der Waals surface area contributed by atoms with Crippen LogP contribution in [0.1, 0.15) is 60.2 Å². The standard InChI is InChI=1S/C27H31NO6/c1-16-5-8-19(9-6-16)26(30)28(17(2)15-32-3)23-12-21-20-11-18(14-29)7-10-24(20)34-25(21)13-22(23)27(31)33-4/h7,10-14,16-17,19H,5-6,8-9,15H2,1-4H3/t16?,17-,19?/m0/s1. The van der Waals surface area contributed by atoms with E-state index in [2.05, 4.69) is 6.92 Å². The highest BCUT2D eigenvalue weighted by molar-refractivity contribution is 6.13. The van der Waals surface area contributed by atoms with Crippen molar-refractivity contribution in [2.75, 3.05) is 25.7 Å². The minimum atomic E-state index is -0.550. The van der Waals surface area contributed by atoms with Crippen molar-refractivity contribution in [3.63, 3.8) is 0 Å². The van der Waals surface area contributed by atoms with E-state index in [1.807, 2.05) is 6.92 Å². The summed E-state index contributed by atoms with van der Waals surface area (Å²) >= 11 is 0. The van der Waals surface area contributed by atoms with Gasteiger partial charge in [0.05, 0.1) is 31.0 Å². The molecule has 1 aliphatic carbocycles. The number of fused-ring (bicyclic) bond motifs is 3. The maximum atomic E-state index is 13.9. The Labute approximate surface area is 199 Å². The van der Waals surface area contributed by atoms with Crippen LogP contribution >= 0.6 is 0 Å². The predicted molar refractivity (Wildman–Crippen MR) is 130 cm³/mol. The monoisotopic (exact) mass is 465 g/mol. The fourth-order valence-corrected chi connectivity index (χ4v) is 4.97. The first-order valence-electron chi connectivity index (χ1n) is 11.7. The lowest BCUT2D eigenvalue weighted by molar-refractivity contribution is -0.124. The Hall–Kier alpha value is -3.19. The fraction of sp³-hybridized carbons (Fsp3) is 0.444. The van der Waals surface area contributed by atoms with E-state index in [4.69, 9.17) is 13.9 Å². The van der Waals surface area contributed by atoms with E-state index in [9.17, 15) is 14.4 Å². The highest BCUT2D eigenvalue weighted by Gasteiger charge is 2.34. The van der Waals surface area contributed by atoms with Crippen molar-refractivity contribution in [2.45, 2.75) is 45.6 Å². The van der Waals surface area contributed by atoms with Crippen LogP contribution < -0.4 is 4.90 Å². The van der Waals surface area contributed by atoms with Crippen molar-refractivity contribution in [1.82, 2.24) is 0 Å². The number of aldehydes is 1. The average molecular weight is 466 g/mol. The molecule has 34 heavy (non-hydrogen) atoms. The van der Waals surface area contributed by atoms with Crippen molar-refractivity contribution in [3.8, 4) is 0 Å². The van der Waals surface area contributed by atoms with Gasteiger partial charge >= 0.3 is 5.97 Å². The highest BCUT2D eigenvalue weighted by Crippen LogP contribution is 2.38. The first-order chi connectivity index (χ1) is 16.4. The Morgan fingerprint density at radius 2 is 1.79 bits per heavy atom. The topological polar surface area (TPSA) is 86.1 Å². The molecule has 1 amide bonds. The molecule has 1 aliphatic rings. The van der Waals surface area contributed by atoms with Crippen LogP contribution in [-0.4, -0.2) is 45.0 Å². The van der Waals surface area contributed by atoms with E-state index < -0.39 is 5.97 Å². The van der Waals surface area contributed by atoms with E-state index in [1.54, 1.807) is 42.3 Å². The number of carbonyl (C=O) groups is 3. The lowest BCUT2D eigenvalue weighted by atomic mass is 9.82. The summed E-state index contributed by atoms with van der Waals surface area (Å²) in [5.74, 6) is -0.0624. The highest BCUT2D eigenvalue weighted by atomic mass is 16.5. The summed E-state index contributed by atoms with van der Waals surface area (Å²) in [6.45, 7) is 4.44. The number of benzene rings is 2. The molecule has 0 aliphatic heterocycles. The molecule has 0 spiro atoms. The van der Waals surface area contributed by atoms with Crippen LogP contribution in [0.4, 0.5) is 5.69 Å². The Morgan fingerprint density at radius 3 is 2.44 bits per heavy atom. The number of esters is 1. The summed E-state index contributed by atoms with van der Waals surface area (Å²) in [5.41, 5.74) is 2.32. The van der Waals surface area contributed by atoms with Gasteiger partial charge in [-0.05, 0) is 68.9 Å². The second-order valence-electron chi connectivity index (χ2n) is 9.30. The molecule has 2 aromatic carbocycles. The second kappa shape index (κ2) is 9.97. The number of anilines is 1. The van der Waals surface area contributed by atoms with Crippen LogP contribution in [-0.2, 0) is 14.3 Å². The van der Waals surface area contributed by atoms with E-state index in [0.717, 1.165) is 42.7 Å². The number of methoxy groups -OCH3 is 2. The Bertz CT molecular complexity index is 1220. The molecular weight excluding hydrogens is 434 g/mol. The third-order valence-electron chi connectivity index (χ3n) is 6.86. The number of nitrogens with zero attached hydrogens (tertiary/aromatic N) is 1. The van der Waals surface area contributed by atoms with Crippen LogP contribution in [0, 0.1) is 11.8 Å². The zero-order valence-electron chi connectivity index (χ0n) is 20.1. The lowest BCUT2D eigenvalue weighted by Gasteiger charge is -2.35. The SMILES string of the molecule is COC[C@H](C)N(C(=O)C1CCC(C)CC1)c1cc2c(cc1C(=O)OC)oc1ccc(C=O)cc12. The number of carbonyl (C=O) groups excluding carboxylic acids is 3. The van der Waals surface area contributed by atoms with Gasteiger partial charge in [0.1, 0.15) is 17.5 Å². The largest absolute Gasteiger partial charge is 0.465 e. The maximum absolute atomic E-state index is 13.9. The van der Waals surface area contributed by atoms with Gasteiger partial charge in [-0.25, -0.2) is 4.79 Å². The van der Waals surface area contributed by atoms with E-state index in [-0.39, 0.29) is 23.4 Å². The molecule has 4 rings (SSSR count). The fourth-order valence-electron chi connectivity index (χ4n) is 4.97. The number of rotatable bonds is 7. The van der Waals surface area contributed by atoms with Crippen molar-refractivity contribution >= 4 is 45.8 Å². The van der Waals surface area contributed by atoms with Gasteiger partial charge in [-0.3, -0.25) is 9.59 Å². The van der Waals surface area contributed by atoms with Gasteiger partial charge in [0.15, 0.2) is 0 Å². The number of furan rings is 1. The van der Waals surface area contributed by atoms with Crippen LogP contribution in [0.2, 0.25) is 0 Å².